The fourth-order valence-corrected chi connectivity index (χ4v) is 2.29. The number of carbonyl (C=O) groups is 2. The third kappa shape index (κ3) is 5.08. The Balaban J connectivity index is 2.07. The summed E-state index contributed by atoms with van der Waals surface area (Å²) >= 11 is 0. The molecule has 2 rings (SSSR count). The number of nitrogens with zero attached hydrogens (tertiary/aromatic N) is 2. The molecule has 1 heterocycles. The molecule has 0 aliphatic rings. The van der Waals surface area contributed by atoms with Gasteiger partial charge in [0.1, 0.15) is 12.3 Å². The maximum Gasteiger partial charge on any atom is 0.416 e. The molecule has 0 atom stereocenters. The van der Waals surface area contributed by atoms with Crippen molar-refractivity contribution in [3.63, 3.8) is 0 Å². The van der Waals surface area contributed by atoms with Crippen molar-refractivity contribution < 1.29 is 27.3 Å². The second-order valence-corrected chi connectivity index (χ2v) is 5.67. The number of benzene rings is 1. The molecule has 0 saturated heterocycles. The van der Waals surface area contributed by atoms with Gasteiger partial charge in [-0.3, -0.25) is 9.59 Å². The summed E-state index contributed by atoms with van der Waals surface area (Å²) in [5.74, 6) is -0.253. The van der Waals surface area contributed by atoms with Crippen LogP contribution in [-0.4, -0.2) is 35.0 Å². The van der Waals surface area contributed by atoms with Crippen molar-refractivity contribution in [1.29, 1.82) is 0 Å². The first-order chi connectivity index (χ1) is 12.2. The van der Waals surface area contributed by atoms with Gasteiger partial charge in [0.05, 0.1) is 5.56 Å². The van der Waals surface area contributed by atoms with Gasteiger partial charge in [-0.1, -0.05) is 12.1 Å². The van der Waals surface area contributed by atoms with E-state index in [2.05, 4.69) is 10.5 Å². The molecule has 2 amide bonds. The highest BCUT2D eigenvalue weighted by Crippen LogP contribution is 2.29. The number of hydrogen-bond acceptors (Lipinski definition) is 4. The summed E-state index contributed by atoms with van der Waals surface area (Å²) in [6.45, 7) is 3.52. The van der Waals surface area contributed by atoms with Gasteiger partial charge in [-0.05, 0) is 37.6 Å². The minimum Gasteiger partial charge on any atom is -0.360 e. The van der Waals surface area contributed by atoms with Crippen LogP contribution in [0.15, 0.2) is 34.9 Å². The fraction of sp³-hybridized carbons (Fsp3) is 0.353. The Morgan fingerprint density at radius 3 is 2.38 bits per heavy atom. The minimum absolute atomic E-state index is 0.0801. The molecule has 2 aromatic rings. The predicted molar refractivity (Wildman–Crippen MR) is 87.5 cm³/mol. The monoisotopic (exact) mass is 369 g/mol. The number of carbonyl (C=O) groups excluding carboxylic acids is 2. The van der Waals surface area contributed by atoms with Crippen LogP contribution in [-0.2, 0) is 11.0 Å². The van der Waals surface area contributed by atoms with Crippen LogP contribution in [0.3, 0.4) is 0 Å². The average molecular weight is 369 g/mol. The molecule has 6 nitrogen and oxygen atoms in total. The van der Waals surface area contributed by atoms with Crippen LogP contribution < -0.4 is 5.32 Å². The number of aryl methyl sites for hydroxylation is 1. The van der Waals surface area contributed by atoms with Gasteiger partial charge in [-0.2, -0.15) is 13.2 Å². The zero-order valence-electron chi connectivity index (χ0n) is 14.3. The summed E-state index contributed by atoms with van der Waals surface area (Å²) in [6, 6.07) is 5.42. The zero-order chi connectivity index (χ0) is 19.3. The van der Waals surface area contributed by atoms with E-state index in [1.54, 1.807) is 6.92 Å². The van der Waals surface area contributed by atoms with E-state index in [-0.39, 0.29) is 24.5 Å². The molecule has 26 heavy (non-hydrogen) atoms. The Bertz CT molecular complexity index is 770. The van der Waals surface area contributed by atoms with Crippen LogP contribution in [0.25, 0.3) is 0 Å². The lowest BCUT2D eigenvalue weighted by molar-refractivity contribution is -0.137. The van der Waals surface area contributed by atoms with Crippen LogP contribution >= 0.6 is 0 Å². The summed E-state index contributed by atoms with van der Waals surface area (Å²) in [5.41, 5.74) is -0.758. The molecule has 0 unspecified atom stereocenters. The molecule has 0 spiro atoms. The number of rotatable bonds is 6. The first kappa shape index (κ1) is 19.5. The highest BCUT2D eigenvalue weighted by molar-refractivity contribution is 5.99. The number of nitrogens with one attached hydrogen (secondary N) is 1. The number of hydrogen-bond donors (Lipinski definition) is 1. The molecule has 140 valence electrons. The molecule has 0 radical (unpaired) electrons. The van der Waals surface area contributed by atoms with Crippen molar-refractivity contribution in [2.45, 2.75) is 26.4 Å². The Kier molecular flexibility index (Phi) is 6.01. The van der Waals surface area contributed by atoms with Gasteiger partial charge in [0.25, 0.3) is 5.91 Å². The summed E-state index contributed by atoms with van der Waals surface area (Å²) in [7, 11) is 0. The molecular formula is C17H18F3N3O3. The van der Waals surface area contributed by atoms with Crippen LogP contribution in [0.1, 0.15) is 35.0 Å². The lowest BCUT2D eigenvalue weighted by atomic mass is 10.1. The van der Waals surface area contributed by atoms with E-state index in [4.69, 9.17) is 4.52 Å². The normalized spacial score (nSPS) is 11.3. The van der Waals surface area contributed by atoms with Crippen molar-refractivity contribution in [1.82, 2.24) is 10.1 Å². The van der Waals surface area contributed by atoms with Crippen molar-refractivity contribution in [3.05, 3.63) is 47.2 Å². The van der Waals surface area contributed by atoms with E-state index in [0.717, 1.165) is 24.3 Å². The highest BCUT2D eigenvalue weighted by Gasteiger charge is 2.30. The molecule has 0 fully saturated rings. The van der Waals surface area contributed by atoms with E-state index >= 15 is 0 Å². The highest BCUT2D eigenvalue weighted by atomic mass is 19.4. The molecule has 0 aliphatic heterocycles. The van der Waals surface area contributed by atoms with Gasteiger partial charge < -0.3 is 14.7 Å². The quantitative estimate of drug-likeness (QED) is 0.846. The van der Waals surface area contributed by atoms with Gasteiger partial charge in [-0.15, -0.1) is 0 Å². The van der Waals surface area contributed by atoms with Crippen LogP contribution in [0.2, 0.25) is 0 Å². The van der Waals surface area contributed by atoms with Gasteiger partial charge >= 0.3 is 6.18 Å². The summed E-state index contributed by atoms with van der Waals surface area (Å²) in [6.07, 6.45) is -3.89. The first-order valence-corrected chi connectivity index (χ1v) is 7.90. The van der Waals surface area contributed by atoms with Crippen molar-refractivity contribution >= 4 is 17.6 Å². The van der Waals surface area contributed by atoms with E-state index < -0.39 is 23.6 Å². The summed E-state index contributed by atoms with van der Waals surface area (Å²) in [4.78, 5) is 25.9. The van der Waals surface area contributed by atoms with Crippen molar-refractivity contribution in [3.8, 4) is 0 Å². The maximum atomic E-state index is 12.6. The lowest BCUT2D eigenvalue weighted by Crippen LogP contribution is -2.38. The topological polar surface area (TPSA) is 75.4 Å². The second-order valence-electron chi connectivity index (χ2n) is 5.67. The fourth-order valence-electron chi connectivity index (χ4n) is 2.29. The standard InChI is InChI=1S/C17H18F3N3O3/c1-3-8-23(10-15(24)21-14-9-11(2)26-22-14)16(25)12-4-6-13(7-5-12)17(18,19)20/h4-7,9H,3,8,10H2,1-2H3,(H,21,22,24). The van der Waals surface area contributed by atoms with E-state index in [9.17, 15) is 22.8 Å². The van der Waals surface area contributed by atoms with Crippen molar-refractivity contribution in [2.24, 2.45) is 0 Å². The number of alkyl halides is 3. The molecular weight excluding hydrogens is 351 g/mol. The number of halogens is 3. The Morgan fingerprint density at radius 1 is 1.23 bits per heavy atom. The van der Waals surface area contributed by atoms with Gasteiger partial charge in [-0.25, -0.2) is 0 Å². The molecule has 1 N–H and O–H groups in total. The van der Waals surface area contributed by atoms with Crippen LogP contribution in [0, 0.1) is 6.92 Å². The Labute approximate surface area is 148 Å². The van der Waals surface area contributed by atoms with Gasteiger partial charge in [0.2, 0.25) is 5.91 Å². The molecule has 9 heteroatoms. The molecule has 0 bridgehead atoms. The Hall–Kier alpha value is -2.84. The molecule has 1 aromatic heterocycles. The minimum atomic E-state index is -4.47. The molecule has 1 aromatic carbocycles. The second kappa shape index (κ2) is 8.03. The maximum absolute atomic E-state index is 12.6. The average Bonchev–Trinajstić information content (AvgIpc) is 2.98. The third-order valence-corrected chi connectivity index (χ3v) is 3.47. The lowest BCUT2D eigenvalue weighted by Gasteiger charge is -2.21. The predicted octanol–water partition coefficient (Wildman–Crippen LogP) is 3.49. The smallest absolute Gasteiger partial charge is 0.360 e. The molecule has 0 aliphatic carbocycles. The van der Waals surface area contributed by atoms with Crippen LogP contribution in [0.5, 0.6) is 0 Å². The Morgan fingerprint density at radius 2 is 1.88 bits per heavy atom. The summed E-state index contributed by atoms with van der Waals surface area (Å²) in [5, 5.41) is 6.13. The van der Waals surface area contributed by atoms with Gasteiger partial charge in [0, 0.05) is 18.2 Å². The largest absolute Gasteiger partial charge is 0.416 e. The molecule has 0 saturated carbocycles. The van der Waals surface area contributed by atoms with E-state index in [0.29, 0.717) is 12.2 Å². The zero-order valence-corrected chi connectivity index (χ0v) is 14.3. The SMILES string of the molecule is CCCN(CC(=O)Nc1cc(C)on1)C(=O)c1ccc(C(F)(F)F)cc1. The first-order valence-electron chi connectivity index (χ1n) is 7.90. The number of anilines is 1. The van der Waals surface area contributed by atoms with Crippen LogP contribution in [0.4, 0.5) is 19.0 Å². The van der Waals surface area contributed by atoms with E-state index in [1.807, 2.05) is 6.92 Å². The van der Waals surface area contributed by atoms with E-state index in [1.165, 1.54) is 11.0 Å². The number of aromatic nitrogens is 1. The third-order valence-electron chi connectivity index (χ3n) is 3.47. The van der Waals surface area contributed by atoms with Gasteiger partial charge in [0.15, 0.2) is 5.82 Å². The summed E-state index contributed by atoms with van der Waals surface area (Å²) < 4.78 is 42.7. The number of amides is 2. The van der Waals surface area contributed by atoms with Crippen molar-refractivity contribution in [2.75, 3.05) is 18.4 Å².